The van der Waals surface area contributed by atoms with E-state index in [0.717, 1.165) is 11.3 Å². The van der Waals surface area contributed by atoms with E-state index in [1.165, 1.54) is 6.08 Å². The van der Waals surface area contributed by atoms with Crippen LogP contribution in [0.3, 0.4) is 0 Å². The van der Waals surface area contributed by atoms with Crippen LogP contribution in [0.4, 0.5) is 9.80 Å². The second kappa shape index (κ2) is 5.85. The third-order valence-corrected chi connectivity index (χ3v) is 2.50. The van der Waals surface area contributed by atoms with Crippen molar-refractivity contribution in [2.24, 2.45) is 0 Å². The number of nitrogens with zero attached hydrogens (tertiary/aromatic N) is 1. The van der Waals surface area contributed by atoms with E-state index in [0.29, 0.717) is 5.01 Å². The number of hydrogen-bond acceptors (Lipinski definition) is 6. The number of carboxylic acid groups (broad SMARTS) is 1. The molecule has 0 aromatic carbocycles. The molecule has 0 unspecified atom stereocenters. The predicted molar refractivity (Wildman–Crippen MR) is 61.9 cm³/mol. The number of ether oxygens (including phenoxy) is 1. The van der Waals surface area contributed by atoms with E-state index in [9.17, 15) is 9.59 Å². The summed E-state index contributed by atoms with van der Waals surface area (Å²) in [5.74, 6) is -1.20. The Morgan fingerprint density at radius 1 is 1.65 bits per heavy atom. The number of amides is 1. The van der Waals surface area contributed by atoms with Gasteiger partial charge in [-0.1, -0.05) is 24.0 Å². The molecule has 1 amide bonds. The Morgan fingerprint density at radius 2 is 2.35 bits per heavy atom. The lowest BCUT2D eigenvalue weighted by Crippen LogP contribution is -2.23. The van der Waals surface area contributed by atoms with Crippen LogP contribution in [0.25, 0.3) is 0 Å². The Hall–Kier alpha value is -2.09. The maximum absolute atomic E-state index is 11.0. The van der Waals surface area contributed by atoms with E-state index >= 15 is 0 Å². The molecule has 0 spiro atoms. The smallest absolute Gasteiger partial charge is 0.407 e. The van der Waals surface area contributed by atoms with Gasteiger partial charge in [0.15, 0.2) is 5.69 Å². The predicted octanol–water partition coefficient (Wildman–Crippen LogP) is 0.836. The molecule has 0 aliphatic rings. The molecule has 7 nitrogen and oxygen atoms in total. The normalized spacial score (nSPS) is 9.65. The van der Waals surface area contributed by atoms with Crippen LogP contribution in [-0.4, -0.2) is 28.8 Å². The average molecular weight is 257 g/mol. The summed E-state index contributed by atoms with van der Waals surface area (Å²) < 4.78 is 4.66. The molecule has 0 radical (unpaired) electrons. The molecule has 92 valence electrons. The van der Waals surface area contributed by atoms with E-state index in [1.54, 1.807) is 0 Å². The Kier molecular flexibility index (Phi) is 4.46. The lowest BCUT2D eigenvalue weighted by molar-refractivity contribution is 0.0692. The summed E-state index contributed by atoms with van der Waals surface area (Å²) in [4.78, 5) is 25.5. The maximum atomic E-state index is 11.0. The van der Waals surface area contributed by atoms with Crippen molar-refractivity contribution in [3.63, 3.8) is 0 Å². The number of aromatic nitrogens is 1. The number of carbonyl (C=O) groups excluding carboxylic acids is 1. The monoisotopic (exact) mass is 257 g/mol. The molecule has 1 rings (SSSR count). The molecule has 4 N–H and O–H groups in total. The van der Waals surface area contributed by atoms with Crippen LogP contribution in [0, 0.1) is 0 Å². The van der Waals surface area contributed by atoms with Crippen LogP contribution in [0.15, 0.2) is 12.7 Å². The van der Waals surface area contributed by atoms with Crippen molar-refractivity contribution < 1.29 is 19.4 Å². The van der Waals surface area contributed by atoms with Gasteiger partial charge in [-0.05, 0) is 0 Å². The molecule has 17 heavy (non-hydrogen) atoms. The Bertz CT molecular complexity index is 443. The largest absolute Gasteiger partial charge is 0.476 e. The number of nitrogens with one attached hydrogen (secondary N) is 1. The maximum Gasteiger partial charge on any atom is 0.407 e. The average Bonchev–Trinajstić information content (AvgIpc) is 2.65. The van der Waals surface area contributed by atoms with E-state index in [-0.39, 0.29) is 23.8 Å². The lowest BCUT2D eigenvalue weighted by Gasteiger charge is -2.02. The summed E-state index contributed by atoms with van der Waals surface area (Å²) >= 11 is 1.00. The first kappa shape index (κ1) is 13.0. The highest BCUT2D eigenvalue weighted by atomic mass is 32.1. The number of nitrogen functional groups attached to an aromatic ring is 1. The molecular formula is C9H11N3O4S. The van der Waals surface area contributed by atoms with Gasteiger partial charge in [0.2, 0.25) is 0 Å². The first-order chi connectivity index (χ1) is 8.04. The highest BCUT2D eigenvalue weighted by molar-refractivity contribution is 7.15. The van der Waals surface area contributed by atoms with Gasteiger partial charge in [-0.2, -0.15) is 0 Å². The number of carboxylic acids is 1. The molecular weight excluding hydrogens is 246 g/mol. The molecule has 0 aliphatic carbocycles. The number of carbonyl (C=O) groups is 2. The number of anilines is 1. The zero-order valence-electron chi connectivity index (χ0n) is 8.80. The van der Waals surface area contributed by atoms with Gasteiger partial charge < -0.3 is 20.9 Å². The van der Waals surface area contributed by atoms with E-state index < -0.39 is 12.1 Å². The van der Waals surface area contributed by atoms with Crippen LogP contribution < -0.4 is 11.1 Å². The van der Waals surface area contributed by atoms with Crippen LogP contribution in [0.2, 0.25) is 0 Å². The fourth-order valence-electron chi connectivity index (χ4n) is 0.940. The quantitative estimate of drug-likeness (QED) is 0.673. The molecule has 8 heteroatoms. The van der Waals surface area contributed by atoms with Crippen LogP contribution in [-0.2, 0) is 11.3 Å². The topological polar surface area (TPSA) is 115 Å². The SMILES string of the molecule is C=CCOC(=O)NCc1nc(C(=O)O)c(N)s1. The van der Waals surface area contributed by atoms with Crippen molar-refractivity contribution in [3.05, 3.63) is 23.4 Å². The van der Waals surface area contributed by atoms with Crippen molar-refractivity contribution in [1.82, 2.24) is 10.3 Å². The summed E-state index contributed by atoms with van der Waals surface area (Å²) in [5.41, 5.74) is 5.24. The Labute approximate surface area is 101 Å². The zero-order chi connectivity index (χ0) is 12.8. The molecule has 1 aromatic heterocycles. The minimum atomic E-state index is -1.20. The standard InChI is InChI=1S/C9H11N3O4S/c1-2-3-16-9(15)11-4-5-12-6(8(13)14)7(10)17-5/h2H,1,3-4,10H2,(H,11,15)(H,13,14). The van der Waals surface area contributed by atoms with Gasteiger partial charge in [0.1, 0.15) is 16.6 Å². The highest BCUT2D eigenvalue weighted by Gasteiger charge is 2.15. The lowest BCUT2D eigenvalue weighted by atomic mass is 10.5. The molecule has 0 aliphatic heterocycles. The van der Waals surface area contributed by atoms with Gasteiger partial charge in [0.25, 0.3) is 0 Å². The van der Waals surface area contributed by atoms with Crippen molar-refractivity contribution in [2.45, 2.75) is 6.54 Å². The van der Waals surface area contributed by atoms with Gasteiger partial charge in [-0.25, -0.2) is 14.6 Å². The van der Waals surface area contributed by atoms with Crippen LogP contribution in [0.1, 0.15) is 15.5 Å². The first-order valence-electron chi connectivity index (χ1n) is 4.54. The highest BCUT2D eigenvalue weighted by Crippen LogP contribution is 2.20. The van der Waals surface area contributed by atoms with Gasteiger partial charge in [0.05, 0.1) is 6.54 Å². The Morgan fingerprint density at radius 3 is 2.88 bits per heavy atom. The summed E-state index contributed by atoms with van der Waals surface area (Å²) in [6, 6.07) is 0. The summed E-state index contributed by atoms with van der Waals surface area (Å²) in [6.07, 6.45) is 0.805. The number of hydrogen-bond donors (Lipinski definition) is 3. The third kappa shape index (κ3) is 3.76. The fraction of sp³-hybridized carbons (Fsp3) is 0.222. The molecule has 0 fully saturated rings. The first-order valence-corrected chi connectivity index (χ1v) is 5.36. The molecule has 0 bridgehead atoms. The van der Waals surface area contributed by atoms with Crippen LogP contribution >= 0.6 is 11.3 Å². The fourth-order valence-corrected chi connectivity index (χ4v) is 1.70. The molecule has 1 heterocycles. The zero-order valence-corrected chi connectivity index (χ0v) is 9.62. The van der Waals surface area contributed by atoms with E-state index in [4.69, 9.17) is 10.8 Å². The number of nitrogens with two attached hydrogens (primary N) is 1. The molecule has 1 aromatic rings. The second-order valence-electron chi connectivity index (χ2n) is 2.87. The van der Waals surface area contributed by atoms with E-state index in [2.05, 4.69) is 21.6 Å². The number of thiazole rings is 1. The summed E-state index contributed by atoms with van der Waals surface area (Å²) in [7, 11) is 0. The van der Waals surface area contributed by atoms with Gasteiger partial charge in [0, 0.05) is 0 Å². The number of aromatic carboxylic acids is 1. The minimum Gasteiger partial charge on any atom is -0.476 e. The van der Waals surface area contributed by atoms with Gasteiger partial charge in [-0.15, -0.1) is 0 Å². The van der Waals surface area contributed by atoms with Gasteiger partial charge in [-0.3, -0.25) is 0 Å². The molecule has 0 saturated carbocycles. The van der Waals surface area contributed by atoms with Crippen molar-refractivity contribution >= 4 is 28.4 Å². The van der Waals surface area contributed by atoms with E-state index in [1.807, 2.05) is 0 Å². The summed E-state index contributed by atoms with van der Waals surface area (Å²) in [5, 5.41) is 11.6. The van der Waals surface area contributed by atoms with Crippen molar-refractivity contribution in [2.75, 3.05) is 12.3 Å². The molecule has 0 atom stereocenters. The number of rotatable bonds is 5. The van der Waals surface area contributed by atoms with Crippen LogP contribution in [0.5, 0.6) is 0 Å². The summed E-state index contributed by atoms with van der Waals surface area (Å²) in [6.45, 7) is 3.56. The Balaban J connectivity index is 2.52. The molecule has 0 saturated heterocycles. The van der Waals surface area contributed by atoms with Gasteiger partial charge >= 0.3 is 12.1 Å². The van der Waals surface area contributed by atoms with Crippen molar-refractivity contribution in [1.29, 1.82) is 0 Å². The third-order valence-electron chi connectivity index (χ3n) is 1.62. The minimum absolute atomic E-state index is 0.0676. The second-order valence-corrected chi connectivity index (χ2v) is 3.98. The number of alkyl carbamates (subject to hydrolysis) is 1. The van der Waals surface area contributed by atoms with Crippen molar-refractivity contribution in [3.8, 4) is 0 Å².